The van der Waals surface area contributed by atoms with Crippen LogP contribution in [0.3, 0.4) is 0 Å². The van der Waals surface area contributed by atoms with E-state index in [0.29, 0.717) is 6.04 Å². The Bertz CT molecular complexity index is 167. The van der Waals surface area contributed by atoms with Crippen molar-refractivity contribution in [3.8, 4) is 0 Å². The lowest BCUT2D eigenvalue weighted by atomic mass is 10.0. The van der Waals surface area contributed by atoms with Crippen LogP contribution < -0.4 is 5.32 Å². The van der Waals surface area contributed by atoms with Crippen LogP contribution in [0.25, 0.3) is 0 Å². The molecule has 2 heteroatoms. The van der Waals surface area contributed by atoms with Crippen LogP contribution in [-0.2, 0) is 4.74 Å². The van der Waals surface area contributed by atoms with E-state index in [9.17, 15) is 0 Å². The zero-order chi connectivity index (χ0) is 10.7. The van der Waals surface area contributed by atoms with Gasteiger partial charge in [-0.05, 0) is 43.9 Å². The SMILES string of the molecule is CCCC(NC(COC)C1CC1)C1CC1. The maximum absolute atomic E-state index is 5.32. The summed E-state index contributed by atoms with van der Waals surface area (Å²) >= 11 is 0. The van der Waals surface area contributed by atoms with Crippen molar-refractivity contribution in [3.05, 3.63) is 0 Å². The van der Waals surface area contributed by atoms with Gasteiger partial charge in [0.15, 0.2) is 0 Å². The first-order valence-corrected chi connectivity index (χ1v) is 6.60. The van der Waals surface area contributed by atoms with Crippen molar-refractivity contribution in [1.29, 1.82) is 0 Å². The molecule has 2 saturated carbocycles. The van der Waals surface area contributed by atoms with E-state index in [0.717, 1.165) is 24.5 Å². The molecule has 2 atom stereocenters. The molecule has 2 unspecified atom stereocenters. The molecule has 0 radical (unpaired) electrons. The first kappa shape index (κ1) is 11.4. The van der Waals surface area contributed by atoms with Crippen LogP contribution in [0.5, 0.6) is 0 Å². The number of methoxy groups -OCH3 is 1. The van der Waals surface area contributed by atoms with E-state index in [1.165, 1.54) is 38.5 Å². The summed E-state index contributed by atoms with van der Waals surface area (Å²) in [7, 11) is 1.82. The topological polar surface area (TPSA) is 21.3 Å². The largest absolute Gasteiger partial charge is 0.383 e. The standard InChI is InChI=1S/C13H25NO/c1-3-4-12(10-5-6-10)14-13(9-15-2)11-7-8-11/h10-14H,3-9H2,1-2H3. The third kappa shape index (κ3) is 3.46. The van der Waals surface area contributed by atoms with Gasteiger partial charge in [-0.25, -0.2) is 0 Å². The third-order valence-electron chi connectivity index (χ3n) is 3.76. The van der Waals surface area contributed by atoms with Gasteiger partial charge in [0.2, 0.25) is 0 Å². The molecule has 0 aromatic heterocycles. The quantitative estimate of drug-likeness (QED) is 0.666. The molecule has 88 valence electrons. The zero-order valence-corrected chi connectivity index (χ0v) is 10.2. The molecular weight excluding hydrogens is 186 g/mol. The van der Waals surface area contributed by atoms with Gasteiger partial charge in [0.25, 0.3) is 0 Å². The Morgan fingerprint density at radius 1 is 1.13 bits per heavy atom. The smallest absolute Gasteiger partial charge is 0.0618 e. The minimum absolute atomic E-state index is 0.632. The first-order valence-electron chi connectivity index (χ1n) is 6.60. The van der Waals surface area contributed by atoms with Crippen LogP contribution in [0.1, 0.15) is 45.4 Å². The number of hydrogen-bond acceptors (Lipinski definition) is 2. The average molecular weight is 211 g/mol. The normalized spacial score (nSPS) is 25.2. The highest BCUT2D eigenvalue weighted by molar-refractivity contribution is 4.93. The van der Waals surface area contributed by atoms with Gasteiger partial charge in [0, 0.05) is 19.2 Å². The van der Waals surface area contributed by atoms with Gasteiger partial charge < -0.3 is 10.1 Å². The van der Waals surface area contributed by atoms with E-state index in [2.05, 4.69) is 12.2 Å². The fourth-order valence-corrected chi connectivity index (χ4v) is 2.54. The van der Waals surface area contributed by atoms with E-state index < -0.39 is 0 Å². The summed E-state index contributed by atoms with van der Waals surface area (Å²) in [6.45, 7) is 3.19. The van der Waals surface area contributed by atoms with Crippen LogP contribution in [0, 0.1) is 11.8 Å². The van der Waals surface area contributed by atoms with E-state index in [-0.39, 0.29) is 0 Å². The van der Waals surface area contributed by atoms with Crippen LogP contribution in [0.15, 0.2) is 0 Å². The van der Waals surface area contributed by atoms with E-state index >= 15 is 0 Å². The molecule has 0 heterocycles. The monoisotopic (exact) mass is 211 g/mol. The summed E-state index contributed by atoms with van der Waals surface area (Å²) < 4.78 is 5.32. The van der Waals surface area contributed by atoms with Gasteiger partial charge in [-0.15, -0.1) is 0 Å². The second-order valence-corrected chi connectivity index (χ2v) is 5.30. The predicted octanol–water partition coefficient (Wildman–Crippen LogP) is 2.58. The second kappa shape index (κ2) is 5.31. The van der Waals surface area contributed by atoms with Crippen molar-refractivity contribution in [3.63, 3.8) is 0 Å². The van der Waals surface area contributed by atoms with Gasteiger partial charge in [-0.2, -0.15) is 0 Å². The summed E-state index contributed by atoms with van der Waals surface area (Å²) in [6, 6.07) is 1.41. The molecule has 15 heavy (non-hydrogen) atoms. The lowest BCUT2D eigenvalue weighted by Crippen LogP contribution is -2.43. The Morgan fingerprint density at radius 2 is 1.73 bits per heavy atom. The summed E-state index contributed by atoms with van der Waals surface area (Å²) in [5.74, 6) is 1.88. The summed E-state index contributed by atoms with van der Waals surface area (Å²) in [5, 5.41) is 3.85. The van der Waals surface area contributed by atoms with E-state index in [1.54, 1.807) is 0 Å². The van der Waals surface area contributed by atoms with Gasteiger partial charge in [-0.3, -0.25) is 0 Å². The molecule has 2 aliphatic carbocycles. The van der Waals surface area contributed by atoms with Crippen LogP contribution in [-0.4, -0.2) is 25.8 Å². The van der Waals surface area contributed by atoms with Crippen molar-refractivity contribution in [2.24, 2.45) is 11.8 Å². The molecule has 0 bridgehead atoms. The molecule has 0 spiro atoms. The Hall–Kier alpha value is -0.0800. The summed E-state index contributed by atoms with van der Waals surface area (Å²) in [6.07, 6.45) is 8.36. The van der Waals surface area contributed by atoms with Gasteiger partial charge in [-0.1, -0.05) is 13.3 Å². The molecule has 2 aliphatic rings. The fraction of sp³-hybridized carbons (Fsp3) is 1.00. The number of ether oxygens (including phenoxy) is 1. The molecular formula is C13H25NO. The number of nitrogens with one attached hydrogen (secondary N) is 1. The Kier molecular flexibility index (Phi) is 4.04. The molecule has 2 rings (SSSR count). The molecule has 0 aromatic carbocycles. The Labute approximate surface area is 93.8 Å². The van der Waals surface area contributed by atoms with Gasteiger partial charge in [0.05, 0.1) is 6.61 Å². The average Bonchev–Trinajstić information content (AvgIpc) is 3.05. The van der Waals surface area contributed by atoms with Crippen LogP contribution >= 0.6 is 0 Å². The molecule has 1 N–H and O–H groups in total. The van der Waals surface area contributed by atoms with Crippen molar-refractivity contribution in [2.45, 2.75) is 57.5 Å². The number of hydrogen-bond donors (Lipinski definition) is 1. The summed E-state index contributed by atoms with van der Waals surface area (Å²) in [4.78, 5) is 0. The Morgan fingerprint density at radius 3 is 2.20 bits per heavy atom. The van der Waals surface area contributed by atoms with E-state index in [1.807, 2.05) is 7.11 Å². The third-order valence-corrected chi connectivity index (χ3v) is 3.76. The maximum atomic E-state index is 5.32. The van der Waals surface area contributed by atoms with E-state index in [4.69, 9.17) is 4.74 Å². The fourth-order valence-electron chi connectivity index (χ4n) is 2.54. The van der Waals surface area contributed by atoms with Gasteiger partial charge >= 0.3 is 0 Å². The number of rotatable bonds is 8. The van der Waals surface area contributed by atoms with Crippen molar-refractivity contribution in [1.82, 2.24) is 5.32 Å². The molecule has 0 saturated heterocycles. The Balaban J connectivity index is 1.78. The highest BCUT2D eigenvalue weighted by Gasteiger charge is 2.36. The summed E-state index contributed by atoms with van der Waals surface area (Å²) in [5.41, 5.74) is 0. The maximum Gasteiger partial charge on any atom is 0.0618 e. The molecule has 0 aromatic rings. The lowest BCUT2D eigenvalue weighted by Gasteiger charge is -2.25. The van der Waals surface area contributed by atoms with Gasteiger partial charge in [0.1, 0.15) is 0 Å². The molecule has 0 aliphatic heterocycles. The van der Waals surface area contributed by atoms with Crippen molar-refractivity contribution < 1.29 is 4.74 Å². The minimum Gasteiger partial charge on any atom is -0.383 e. The van der Waals surface area contributed by atoms with Crippen LogP contribution in [0.2, 0.25) is 0 Å². The van der Waals surface area contributed by atoms with Crippen molar-refractivity contribution >= 4 is 0 Å². The first-order chi connectivity index (χ1) is 7.35. The van der Waals surface area contributed by atoms with Crippen molar-refractivity contribution in [2.75, 3.05) is 13.7 Å². The van der Waals surface area contributed by atoms with Crippen LogP contribution in [0.4, 0.5) is 0 Å². The second-order valence-electron chi connectivity index (χ2n) is 5.30. The highest BCUT2D eigenvalue weighted by atomic mass is 16.5. The molecule has 2 fully saturated rings. The lowest BCUT2D eigenvalue weighted by molar-refractivity contribution is 0.147. The molecule has 2 nitrogen and oxygen atoms in total. The molecule has 0 amide bonds. The predicted molar refractivity (Wildman–Crippen MR) is 62.9 cm³/mol. The minimum atomic E-state index is 0.632. The highest BCUT2D eigenvalue weighted by Crippen LogP contribution is 2.37. The zero-order valence-electron chi connectivity index (χ0n) is 10.2.